The first-order valence-electron chi connectivity index (χ1n) is 19.4. The maximum atomic E-state index is 5.79. The van der Waals surface area contributed by atoms with Gasteiger partial charge in [-0.25, -0.2) is 20.0 Å². The second kappa shape index (κ2) is 13.6. The molecule has 0 radical (unpaired) electrons. The molecule has 0 fully saturated rings. The summed E-state index contributed by atoms with van der Waals surface area (Å²) in [6.45, 7) is 17.5. The third-order valence-corrected chi connectivity index (χ3v) is 11.1. The molecule has 5 aliphatic rings. The van der Waals surface area contributed by atoms with Crippen LogP contribution in [-0.2, 0) is 0 Å². The van der Waals surface area contributed by atoms with Crippen LogP contribution >= 0.6 is 0 Å². The van der Waals surface area contributed by atoms with Gasteiger partial charge in [-0.15, -0.1) is 0 Å². The molecule has 4 nitrogen and oxygen atoms in total. The predicted molar refractivity (Wildman–Crippen MR) is 238 cm³/mol. The van der Waals surface area contributed by atoms with E-state index in [0.717, 1.165) is 90.2 Å². The van der Waals surface area contributed by atoms with Gasteiger partial charge in [-0.05, 0) is 149 Å². The number of fused-ring (bicyclic) bond motifs is 4. The maximum Gasteiger partial charge on any atom is 0.0823 e. The highest BCUT2D eigenvalue weighted by atomic mass is 14.9. The Morgan fingerprint density at radius 1 is 0.357 bits per heavy atom. The van der Waals surface area contributed by atoms with Gasteiger partial charge in [0.2, 0.25) is 0 Å². The van der Waals surface area contributed by atoms with Gasteiger partial charge in [-0.2, -0.15) is 0 Å². The van der Waals surface area contributed by atoms with Crippen LogP contribution in [0.1, 0.15) is 66.8 Å². The molecular weight excluding hydrogens is 681 g/mol. The van der Waals surface area contributed by atoms with Crippen LogP contribution in [0, 0.1) is 55.4 Å². The molecule has 4 aromatic carbocycles. The molecule has 0 unspecified atom stereocenters. The van der Waals surface area contributed by atoms with Crippen LogP contribution in [0.15, 0.2) is 164 Å². The number of aliphatic imine (C=N–C) groups is 4. The van der Waals surface area contributed by atoms with Crippen LogP contribution in [-0.4, -0.2) is 22.8 Å². The molecule has 8 bridgehead atoms. The summed E-state index contributed by atoms with van der Waals surface area (Å²) in [6.07, 6.45) is 16.7. The summed E-state index contributed by atoms with van der Waals surface area (Å²) < 4.78 is 0. The van der Waals surface area contributed by atoms with Crippen LogP contribution in [0.5, 0.6) is 0 Å². The van der Waals surface area contributed by atoms with Crippen molar-refractivity contribution in [3.05, 3.63) is 211 Å². The van der Waals surface area contributed by atoms with E-state index >= 15 is 0 Å². The number of aryl methyl sites for hydroxylation is 8. The zero-order chi connectivity index (χ0) is 38.8. The van der Waals surface area contributed by atoms with E-state index in [9.17, 15) is 0 Å². The summed E-state index contributed by atoms with van der Waals surface area (Å²) in [5.74, 6) is 0. The molecule has 4 aromatic rings. The molecule has 0 aromatic heterocycles. The normalized spacial score (nSPS) is 17.1. The number of allylic oxidation sites excluding steroid dienone is 12. The Hall–Kier alpha value is -6.52. The van der Waals surface area contributed by atoms with Gasteiger partial charge in [-0.3, -0.25) is 0 Å². The fourth-order valence-corrected chi connectivity index (χ4v) is 8.53. The average molecular weight is 725 g/mol. The number of nitrogens with zero attached hydrogens (tertiary/aromatic N) is 4. The van der Waals surface area contributed by atoms with E-state index < -0.39 is 0 Å². The largest absolute Gasteiger partial charge is 0.249 e. The lowest BCUT2D eigenvalue weighted by Crippen LogP contribution is -2.09. The van der Waals surface area contributed by atoms with E-state index in [1.165, 1.54) is 44.5 Å². The Labute approximate surface area is 330 Å². The van der Waals surface area contributed by atoms with Crippen molar-refractivity contribution in [3.63, 3.8) is 0 Å². The Kier molecular flexibility index (Phi) is 8.58. The van der Waals surface area contributed by atoms with Gasteiger partial charge in [0.25, 0.3) is 0 Å². The second-order valence-corrected chi connectivity index (χ2v) is 15.7. The zero-order valence-corrected chi connectivity index (χ0v) is 33.3. The molecule has 9 rings (SSSR count). The molecule has 5 heterocycles. The second-order valence-electron chi connectivity index (χ2n) is 15.7. The molecule has 56 heavy (non-hydrogen) atoms. The third-order valence-electron chi connectivity index (χ3n) is 11.1. The number of hydrogen-bond donors (Lipinski definition) is 0. The summed E-state index contributed by atoms with van der Waals surface area (Å²) in [6, 6.07) is 27.0. The summed E-state index contributed by atoms with van der Waals surface area (Å²) in [7, 11) is 0. The molecule has 0 N–H and O–H groups in total. The Morgan fingerprint density at radius 2 is 0.804 bits per heavy atom. The lowest BCUT2D eigenvalue weighted by Gasteiger charge is -2.21. The standard InChI is InChI=1S/C52H44N4/c1-29-9-17-42(33(5)21-29)46-27-41-26-39-14-13-37(53-39)25-38-15-16-40(54-38)28-47-48(43-18-10-30(2)22-34(43)6)49(44-19-11-31(3)23-35(44)7)52(56-47)50(51(46)55-41)45-20-12-32(4)24-36(45)8/h9-28H,1-8H3. The Balaban J connectivity index is 1.48. The van der Waals surface area contributed by atoms with Crippen LogP contribution in [0.2, 0.25) is 0 Å². The first-order chi connectivity index (χ1) is 27.0. The summed E-state index contributed by atoms with van der Waals surface area (Å²) in [5, 5.41) is 0. The van der Waals surface area contributed by atoms with Crippen LogP contribution in [0.25, 0.3) is 22.3 Å². The van der Waals surface area contributed by atoms with Crippen LogP contribution in [0.4, 0.5) is 0 Å². The van der Waals surface area contributed by atoms with Crippen molar-refractivity contribution < 1.29 is 0 Å². The molecule has 5 aliphatic heterocycles. The smallest absolute Gasteiger partial charge is 0.0823 e. The third kappa shape index (κ3) is 6.31. The van der Waals surface area contributed by atoms with Gasteiger partial charge in [-0.1, -0.05) is 95.1 Å². The highest BCUT2D eigenvalue weighted by Crippen LogP contribution is 2.48. The van der Waals surface area contributed by atoms with Gasteiger partial charge in [0.15, 0.2) is 0 Å². The van der Waals surface area contributed by atoms with Crippen molar-refractivity contribution in [2.45, 2.75) is 55.4 Å². The fourth-order valence-electron chi connectivity index (χ4n) is 8.53. The summed E-state index contributed by atoms with van der Waals surface area (Å²) in [5.41, 5.74) is 25.4. The van der Waals surface area contributed by atoms with Crippen molar-refractivity contribution in [3.8, 4) is 0 Å². The van der Waals surface area contributed by atoms with E-state index in [2.05, 4.69) is 165 Å². The number of rotatable bonds is 4. The van der Waals surface area contributed by atoms with E-state index in [1.54, 1.807) is 0 Å². The quantitative estimate of drug-likeness (QED) is 0.201. The summed E-state index contributed by atoms with van der Waals surface area (Å²) in [4.78, 5) is 21.4. The van der Waals surface area contributed by atoms with Crippen LogP contribution < -0.4 is 0 Å². The minimum Gasteiger partial charge on any atom is -0.249 e. The molecule has 0 atom stereocenters. The molecule has 272 valence electrons. The molecule has 0 spiro atoms. The Morgan fingerprint density at radius 3 is 1.32 bits per heavy atom. The van der Waals surface area contributed by atoms with Crippen molar-refractivity contribution >= 4 is 45.1 Å². The van der Waals surface area contributed by atoms with Crippen molar-refractivity contribution in [2.75, 3.05) is 0 Å². The van der Waals surface area contributed by atoms with Gasteiger partial charge in [0.1, 0.15) is 0 Å². The minimum absolute atomic E-state index is 0.849. The SMILES string of the molecule is Cc1ccc(C2=CC3=CC4=NC(=CC5=NC(=CC6=NC(=C(c7ccc(C)cc7C)C2=N3)C(c2ccc(C)cc2C)=C6c2ccc(C)cc2C)C=C5)C=C4)c(C)c1. The zero-order valence-electron chi connectivity index (χ0n) is 33.3. The average Bonchev–Trinajstić information content (AvgIpc) is 3.94. The highest BCUT2D eigenvalue weighted by molar-refractivity contribution is 6.50. The molecule has 0 aliphatic carbocycles. The van der Waals surface area contributed by atoms with Gasteiger partial charge in [0, 0.05) is 22.3 Å². The molecule has 4 heteroatoms. The topological polar surface area (TPSA) is 49.4 Å². The first-order valence-corrected chi connectivity index (χ1v) is 19.4. The van der Waals surface area contributed by atoms with E-state index in [4.69, 9.17) is 20.0 Å². The van der Waals surface area contributed by atoms with Gasteiger partial charge in [0.05, 0.1) is 45.6 Å². The Bertz CT molecular complexity index is 2840. The van der Waals surface area contributed by atoms with Gasteiger partial charge < -0.3 is 0 Å². The minimum atomic E-state index is 0.849. The lowest BCUT2D eigenvalue weighted by atomic mass is 9.82. The number of benzene rings is 4. The first kappa shape index (κ1) is 35.2. The van der Waals surface area contributed by atoms with Crippen molar-refractivity contribution in [2.24, 2.45) is 20.0 Å². The van der Waals surface area contributed by atoms with E-state index in [1.807, 2.05) is 12.2 Å². The molecule has 0 saturated heterocycles. The van der Waals surface area contributed by atoms with E-state index in [-0.39, 0.29) is 0 Å². The highest BCUT2D eigenvalue weighted by Gasteiger charge is 2.34. The van der Waals surface area contributed by atoms with Crippen LogP contribution in [0.3, 0.4) is 0 Å². The monoisotopic (exact) mass is 724 g/mol. The summed E-state index contributed by atoms with van der Waals surface area (Å²) >= 11 is 0. The fraction of sp³-hybridized carbons (Fsp3) is 0.154. The molecular formula is C52H44N4. The van der Waals surface area contributed by atoms with Crippen molar-refractivity contribution in [1.82, 2.24) is 0 Å². The van der Waals surface area contributed by atoms with E-state index in [0.29, 0.717) is 0 Å². The maximum absolute atomic E-state index is 5.79. The van der Waals surface area contributed by atoms with Gasteiger partial charge >= 0.3 is 0 Å². The lowest BCUT2D eigenvalue weighted by molar-refractivity contribution is 1.33. The van der Waals surface area contributed by atoms with Crippen molar-refractivity contribution in [1.29, 1.82) is 0 Å². The molecule has 0 saturated carbocycles. The number of hydrogen-bond acceptors (Lipinski definition) is 4. The predicted octanol–water partition coefficient (Wildman–Crippen LogP) is 12.2. The molecule has 0 amide bonds.